The van der Waals surface area contributed by atoms with Crippen LogP contribution in [0.5, 0.6) is 0 Å². The molecule has 0 aromatic heterocycles. The van der Waals surface area contributed by atoms with Crippen molar-refractivity contribution in [2.45, 2.75) is 25.9 Å². The molecule has 1 aromatic carbocycles. The van der Waals surface area contributed by atoms with Crippen molar-refractivity contribution in [3.63, 3.8) is 0 Å². The summed E-state index contributed by atoms with van der Waals surface area (Å²) in [6, 6.07) is 5.59. The van der Waals surface area contributed by atoms with E-state index in [1.54, 1.807) is 0 Å². The predicted octanol–water partition coefficient (Wildman–Crippen LogP) is 2.70. The van der Waals surface area contributed by atoms with E-state index in [9.17, 15) is 8.78 Å². The molecule has 0 saturated heterocycles. The fraction of sp³-hybridized carbons (Fsp3) is 0.417. The lowest BCUT2D eigenvalue weighted by atomic mass is 10.1. The fourth-order valence-corrected chi connectivity index (χ4v) is 1.43. The van der Waals surface area contributed by atoms with Gasteiger partial charge in [-0.2, -0.15) is 5.26 Å². The van der Waals surface area contributed by atoms with Crippen molar-refractivity contribution in [2.24, 2.45) is 0 Å². The number of hydrogen-bond acceptors (Lipinski definition) is 2. The molecule has 0 aliphatic rings. The van der Waals surface area contributed by atoms with Crippen LogP contribution in [0.1, 0.15) is 18.9 Å². The molecule has 4 heteroatoms. The van der Waals surface area contributed by atoms with E-state index in [2.05, 4.69) is 6.07 Å². The van der Waals surface area contributed by atoms with Gasteiger partial charge in [-0.05, 0) is 31.7 Å². The van der Waals surface area contributed by atoms with Crippen LogP contribution in [0.25, 0.3) is 0 Å². The zero-order valence-electron chi connectivity index (χ0n) is 9.37. The number of halogens is 2. The SMILES string of the molecule is CC(CC#N)N(C)Cc1cc(F)cc(F)c1. The third-order valence-electron chi connectivity index (χ3n) is 2.49. The van der Waals surface area contributed by atoms with E-state index in [1.165, 1.54) is 12.1 Å². The van der Waals surface area contributed by atoms with Gasteiger partial charge in [-0.25, -0.2) is 8.78 Å². The maximum Gasteiger partial charge on any atom is 0.126 e. The Kier molecular flexibility index (Phi) is 4.39. The molecule has 0 heterocycles. The molecule has 0 bridgehead atoms. The van der Waals surface area contributed by atoms with Gasteiger partial charge in [0.05, 0.1) is 12.5 Å². The first-order valence-corrected chi connectivity index (χ1v) is 5.05. The molecule has 0 spiro atoms. The number of rotatable bonds is 4. The van der Waals surface area contributed by atoms with E-state index < -0.39 is 11.6 Å². The molecule has 2 nitrogen and oxygen atoms in total. The Hall–Kier alpha value is -1.47. The molecule has 0 aliphatic carbocycles. The molecule has 1 rings (SSSR count). The van der Waals surface area contributed by atoms with E-state index in [-0.39, 0.29) is 6.04 Å². The second-order valence-corrected chi connectivity index (χ2v) is 3.90. The summed E-state index contributed by atoms with van der Waals surface area (Å²) in [5.41, 5.74) is 0.574. The van der Waals surface area contributed by atoms with Crippen molar-refractivity contribution in [1.82, 2.24) is 4.90 Å². The molecule has 16 heavy (non-hydrogen) atoms. The smallest absolute Gasteiger partial charge is 0.126 e. The summed E-state index contributed by atoms with van der Waals surface area (Å²) in [6.07, 6.45) is 0.397. The Morgan fingerprint density at radius 3 is 2.38 bits per heavy atom. The third-order valence-corrected chi connectivity index (χ3v) is 2.49. The Labute approximate surface area is 94.1 Å². The summed E-state index contributed by atoms with van der Waals surface area (Å²) in [5.74, 6) is -1.15. The van der Waals surface area contributed by atoms with Crippen LogP contribution >= 0.6 is 0 Å². The highest BCUT2D eigenvalue weighted by molar-refractivity contribution is 5.17. The molecular formula is C12H14F2N2. The average Bonchev–Trinajstić information content (AvgIpc) is 2.16. The lowest BCUT2D eigenvalue weighted by Gasteiger charge is -2.22. The second kappa shape index (κ2) is 5.57. The van der Waals surface area contributed by atoms with Crippen molar-refractivity contribution >= 4 is 0 Å². The minimum atomic E-state index is -0.573. The van der Waals surface area contributed by atoms with E-state index in [4.69, 9.17) is 5.26 Å². The maximum atomic E-state index is 12.9. The predicted molar refractivity (Wildman–Crippen MR) is 57.5 cm³/mol. The van der Waals surface area contributed by atoms with Crippen LogP contribution in [0, 0.1) is 23.0 Å². The van der Waals surface area contributed by atoms with E-state index in [0.29, 0.717) is 18.5 Å². The van der Waals surface area contributed by atoms with Gasteiger partial charge in [0, 0.05) is 18.7 Å². The summed E-state index contributed by atoms with van der Waals surface area (Å²) < 4.78 is 25.8. The van der Waals surface area contributed by atoms with Gasteiger partial charge in [0.2, 0.25) is 0 Å². The van der Waals surface area contributed by atoms with Crippen LogP contribution in [0.3, 0.4) is 0 Å². The highest BCUT2D eigenvalue weighted by atomic mass is 19.1. The van der Waals surface area contributed by atoms with E-state index in [0.717, 1.165) is 6.07 Å². The van der Waals surface area contributed by atoms with Gasteiger partial charge < -0.3 is 0 Å². The monoisotopic (exact) mass is 224 g/mol. The Balaban J connectivity index is 2.69. The van der Waals surface area contributed by atoms with Crippen molar-refractivity contribution in [1.29, 1.82) is 5.26 Å². The summed E-state index contributed by atoms with van der Waals surface area (Å²) in [4.78, 5) is 1.89. The van der Waals surface area contributed by atoms with Gasteiger partial charge in [-0.3, -0.25) is 4.90 Å². The average molecular weight is 224 g/mol. The summed E-state index contributed by atoms with van der Waals surface area (Å²) in [5, 5.41) is 8.54. The van der Waals surface area contributed by atoms with Crippen LogP contribution in [-0.2, 0) is 6.54 Å². The van der Waals surface area contributed by atoms with Gasteiger partial charge >= 0.3 is 0 Å². The lowest BCUT2D eigenvalue weighted by molar-refractivity contribution is 0.252. The molecule has 0 aliphatic heterocycles. The van der Waals surface area contributed by atoms with Crippen molar-refractivity contribution in [2.75, 3.05) is 7.05 Å². The minimum Gasteiger partial charge on any atom is -0.298 e. The minimum absolute atomic E-state index is 0.0660. The van der Waals surface area contributed by atoms with Crippen molar-refractivity contribution < 1.29 is 8.78 Å². The molecule has 0 N–H and O–H groups in total. The summed E-state index contributed by atoms with van der Waals surface area (Å²) in [7, 11) is 1.82. The number of benzene rings is 1. The molecule has 0 amide bonds. The van der Waals surface area contributed by atoms with Crippen LogP contribution in [0.15, 0.2) is 18.2 Å². The molecular weight excluding hydrogens is 210 g/mol. The number of nitriles is 1. The largest absolute Gasteiger partial charge is 0.298 e. The van der Waals surface area contributed by atoms with Gasteiger partial charge in [0.25, 0.3) is 0 Å². The zero-order valence-corrected chi connectivity index (χ0v) is 9.37. The van der Waals surface area contributed by atoms with Crippen molar-refractivity contribution in [3.05, 3.63) is 35.4 Å². The van der Waals surface area contributed by atoms with Crippen molar-refractivity contribution in [3.8, 4) is 6.07 Å². The maximum absolute atomic E-state index is 12.9. The topological polar surface area (TPSA) is 27.0 Å². The van der Waals surface area contributed by atoms with E-state index in [1.807, 2.05) is 18.9 Å². The van der Waals surface area contributed by atoms with Gasteiger partial charge in [-0.1, -0.05) is 0 Å². The molecule has 86 valence electrons. The van der Waals surface area contributed by atoms with Crippen LogP contribution in [-0.4, -0.2) is 18.0 Å². The lowest BCUT2D eigenvalue weighted by Crippen LogP contribution is -2.28. The summed E-state index contributed by atoms with van der Waals surface area (Å²) in [6.45, 7) is 2.33. The first-order valence-electron chi connectivity index (χ1n) is 5.05. The second-order valence-electron chi connectivity index (χ2n) is 3.90. The van der Waals surface area contributed by atoms with Gasteiger partial charge in [0.1, 0.15) is 11.6 Å². The molecule has 0 radical (unpaired) electrons. The van der Waals surface area contributed by atoms with Crippen LogP contribution in [0.4, 0.5) is 8.78 Å². The number of nitrogens with zero attached hydrogens (tertiary/aromatic N) is 2. The fourth-order valence-electron chi connectivity index (χ4n) is 1.43. The molecule has 1 unspecified atom stereocenters. The van der Waals surface area contributed by atoms with Crippen LogP contribution in [0.2, 0.25) is 0 Å². The molecule has 0 saturated carbocycles. The van der Waals surface area contributed by atoms with Crippen LogP contribution < -0.4 is 0 Å². The zero-order chi connectivity index (χ0) is 12.1. The van der Waals surface area contributed by atoms with E-state index >= 15 is 0 Å². The first-order chi connectivity index (χ1) is 7.52. The Bertz CT molecular complexity index is 378. The molecule has 1 atom stereocenters. The molecule has 1 aromatic rings. The highest BCUT2D eigenvalue weighted by Crippen LogP contribution is 2.12. The number of hydrogen-bond donors (Lipinski definition) is 0. The molecule has 0 fully saturated rings. The quantitative estimate of drug-likeness (QED) is 0.786. The first kappa shape index (κ1) is 12.6. The van der Waals surface area contributed by atoms with Gasteiger partial charge in [-0.15, -0.1) is 0 Å². The Morgan fingerprint density at radius 2 is 1.88 bits per heavy atom. The Morgan fingerprint density at radius 1 is 1.31 bits per heavy atom. The van der Waals surface area contributed by atoms with Gasteiger partial charge in [0.15, 0.2) is 0 Å². The standard InChI is InChI=1S/C12H14F2N2/c1-9(3-4-15)16(2)8-10-5-11(13)7-12(14)6-10/h5-7,9H,3,8H2,1-2H3. The summed E-state index contributed by atoms with van der Waals surface area (Å²) >= 11 is 0. The third kappa shape index (κ3) is 3.59. The highest BCUT2D eigenvalue weighted by Gasteiger charge is 2.10. The normalized spacial score (nSPS) is 12.5.